The van der Waals surface area contributed by atoms with Gasteiger partial charge in [-0.1, -0.05) is 0 Å². The largest absolute Gasteiger partial charge is 0.496 e. The number of carboxylic acids is 1. The normalized spacial score (nSPS) is 12.1. The monoisotopic (exact) mass is 240 g/mol. The molecule has 1 atom stereocenters. The highest BCUT2D eigenvalue weighted by Gasteiger charge is 2.24. The molecule has 1 unspecified atom stereocenters. The second-order valence-corrected chi connectivity index (χ2v) is 3.69. The lowest BCUT2D eigenvalue weighted by Crippen LogP contribution is -2.13. The number of aliphatic hydroxyl groups is 1. The third-order valence-corrected chi connectivity index (χ3v) is 2.77. The lowest BCUT2D eigenvalue weighted by Gasteiger charge is -2.18. The van der Waals surface area contributed by atoms with Crippen molar-refractivity contribution >= 4 is 5.97 Å². The molecule has 0 aliphatic heterocycles. The van der Waals surface area contributed by atoms with Gasteiger partial charge in [0.1, 0.15) is 11.5 Å². The molecule has 94 valence electrons. The summed E-state index contributed by atoms with van der Waals surface area (Å²) in [6, 6.07) is 1.49. The minimum absolute atomic E-state index is 0.194. The number of hydrogen-bond acceptors (Lipinski definition) is 4. The highest BCUT2D eigenvalue weighted by atomic mass is 16.5. The summed E-state index contributed by atoms with van der Waals surface area (Å²) >= 11 is 0. The molecule has 0 spiro atoms. The highest BCUT2D eigenvalue weighted by molar-refractivity contribution is 5.76. The van der Waals surface area contributed by atoms with Gasteiger partial charge in [-0.15, -0.1) is 0 Å². The molecule has 0 heterocycles. The Balaban J connectivity index is 3.47. The summed E-state index contributed by atoms with van der Waals surface area (Å²) in [5, 5.41) is 18.4. The smallest absolute Gasteiger partial charge is 0.337 e. The van der Waals surface area contributed by atoms with E-state index in [9.17, 15) is 9.90 Å². The molecule has 5 heteroatoms. The molecule has 0 aliphatic carbocycles. The topological polar surface area (TPSA) is 76.0 Å². The zero-order chi connectivity index (χ0) is 13.2. The number of methoxy groups -OCH3 is 2. The van der Waals surface area contributed by atoms with E-state index in [1.807, 2.05) is 6.92 Å². The van der Waals surface area contributed by atoms with Crippen LogP contribution >= 0.6 is 0 Å². The van der Waals surface area contributed by atoms with Crippen molar-refractivity contribution in [3.63, 3.8) is 0 Å². The lowest BCUT2D eigenvalue weighted by atomic mass is 9.99. The maximum absolute atomic E-state index is 10.8. The predicted octanol–water partition coefficient (Wildman–Crippen LogP) is 1.44. The number of rotatable bonds is 4. The minimum Gasteiger partial charge on any atom is -0.496 e. The first-order chi connectivity index (χ1) is 7.93. The average Bonchev–Trinajstić information content (AvgIpc) is 2.31. The molecule has 0 bridgehead atoms. The van der Waals surface area contributed by atoms with E-state index in [4.69, 9.17) is 14.6 Å². The minimum atomic E-state index is -1.63. The number of aliphatic carboxylic acids is 1. The van der Waals surface area contributed by atoms with Crippen LogP contribution in [0, 0.1) is 13.8 Å². The molecule has 0 aromatic heterocycles. The van der Waals surface area contributed by atoms with Crippen LogP contribution in [-0.4, -0.2) is 30.4 Å². The summed E-state index contributed by atoms with van der Waals surface area (Å²) in [6.45, 7) is 3.63. The molecule has 0 saturated carbocycles. The van der Waals surface area contributed by atoms with E-state index in [1.165, 1.54) is 20.3 Å². The van der Waals surface area contributed by atoms with Crippen molar-refractivity contribution in [1.29, 1.82) is 0 Å². The van der Waals surface area contributed by atoms with Crippen molar-refractivity contribution in [3.05, 3.63) is 22.8 Å². The number of ether oxygens (including phenoxy) is 2. The molecule has 1 aromatic carbocycles. The average molecular weight is 240 g/mol. The van der Waals surface area contributed by atoms with E-state index >= 15 is 0 Å². The fraction of sp³-hybridized carbons (Fsp3) is 0.417. The fourth-order valence-electron chi connectivity index (χ4n) is 1.71. The van der Waals surface area contributed by atoms with Crippen LogP contribution in [-0.2, 0) is 4.79 Å². The van der Waals surface area contributed by atoms with Gasteiger partial charge in [-0.05, 0) is 31.0 Å². The van der Waals surface area contributed by atoms with Crippen LogP contribution in [0.15, 0.2) is 6.07 Å². The first-order valence-electron chi connectivity index (χ1n) is 5.07. The maximum atomic E-state index is 10.8. The molecule has 0 saturated heterocycles. The van der Waals surface area contributed by atoms with Gasteiger partial charge in [0.25, 0.3) is 0 Å². The van der Waals surface area contributed by atoms with E-state index in [2.05, 4.69) is 0 Å². The zero-order valence-corrected chi connectivity index (χ0v) is 10.3. The fourth-order valence-corrected chi connectivity index (χ4v) is 1.71. The first-order valence-corrected chi connectivity index (χ1v) is 5.07. The van der Waals surface area contributed by atoms with Crippen molar-refractivity contribution in [2.24, 2.45) is 0 Å². The molecule has 1 aromatic rings. The molecule has 2 N–H and O–H groups in total. The molecule has 17 heavy (non-hydrogen) atoms. The molecule has 0 aliphatic rings. The molecule has 0 amide bonds. The summed E-state index contributed by atoms with van der Waals surface area (Å²) < 4.78 is 10.3. The number of aliphatic hydroxyl groups excluding tert-OH is 1. The van der Waals surface area contributed by atoms with Crippen molar-refractivity contribution in [2.45, 2.75) is 20.0 Å². The summed E-state index contributed by atoms with van der Waals surface area (Å²) in [7, 11) is 2.93. The standard InChI is InChI=1S/C12H16O5/c1-6-7(2)11(17-4)8(5-9(6)16-3)10(13)12(14)15/h5,10,13H,1-4H3,(H,14,15). The van der Waals surface area contributed by atoms with Crippen molar-refractivity contribution in [2.75, 3.05) is 14.2 Å². The van der Waals surface area contributed by atoms with Gasteiger partial charge in [-0.3, -0.25) is 0 Å². The molecule has 0 fully saturated rings. The highest BCUT2D eigenvalue weighted by Crippen LogP contribution is 2.36. The van der Waals surface area contributed by atoms with Crippen LogP contribution in [0.1, 0.15) is 22.8 Å². The van der Waals surface area contributed by atoms with Crippen LogP contribution in [0.3, 0.4) is 0 Å². The van der Waals surface area contributed by atoms with E-state index < -0.39 is 12.1 Å². The summed E-state index contributed by atoms with van der Waals surface area (Å²) in [6.07, 6.45) is -1.63. The second kappa shape index (κ2) is 5.05. The van der Waals surface area contributed by atoms with Gasteiger partial charge in [0.15, 0.2) is 6.10 Å². The lowest BCUT2D eigenvalue weighted by molar-refractivity contribution is -0.147. The van der Waals surface area contributed by atoms with Gasteiger partial charge in [-0.25, -0.2) is 4.79 Å². The van der Waals surface area contributed by atoms with Crippen LogP contribution in [0.5, 0.6) is 11.5 Å². The van der Waals surface area contributed by atoms with Crippen LogP contribution in [0.25, 0.3) is 0 Å². The number of carboxylic acid groups (broad SMARTS) is 1. The zero-order valence-electron chi connectivity index (χ0n) is 10.3. The summed E-state index contributed by atoms with van der Waals surface area (Å²) in [4.78, 5) is 10.8. The number of benzene rings is 1. The SMILES string of the molecule is COc1cc(C(O)C(=O)O)c(OC)c(C)c1C. The summed E-state index contributed by atoms with van der Waals surface area (Å²) in [5.74, 6) is -0.426. The van der Waals surface area contributed by atoms with Crippen molar-refractivity contribution in [1.82, 2.24) is 0 Å². The van der Waals surface area contributed by atoms with Gasteiger partial charge < -0.3 is 19.7 Å². The Kier molecular flexibility index (Phi) is 3.96. The Hall–Kier alpha value is -1.75. The van der Waals surface area contributed by atoms with E-state index in [-0.39, 0.29) is 5.56 Å². The Bertz CT molecular complexity index is 439. The van der Waals surface area contributed by atoms with Crippen molar-refractivity contribution in [3.8, 4) is 11.5 Å². The Labute approximate surface area is 99.6 Å². The summed E-state index contributed by atoms with van der Waals surface area (Å²) in [5.41, 5.74) is 1.80. The van der Waals surface area contributed by atoms with Gasteiger partial charge in [-0.2, -0.15) is 0 Å². The molecule has 5 nitrogen and oxygen atoms in total. The Morgan fingerprint density at radius 2 is 1.82 bits per heavy atom. The number of carbonyl (C=O) groups is 1. The van der Waals surface area contributed by atoms with E-state index in [0.29, 0.717) is 11.5 Å². The second-order valence-electron chi connectivity index (χ2n) is 3.69. The Morgan fingerprint density at radius 1 is 1.24 bits per heavy atom. The van der Waals surface area contributed by atoms with Gasteiger partial charge >= 0.3 is 5.97 Å². The molecule has 0 radical (unpaired) electrons. The predicted molar refractivity (Wildman–Crippen MR) is 61.6 cm³/mol. The van der Waals surface area contributed by atoms with E-state index in [1.54, 1.807) is 6.92 Å². The van der Waals surface area contributed by atoms with Crippen LogP contribution in [0.2, 0.25) is 0 Å². The Morgan fingerprint density at radius 3 is 2.24 bits per heavy atom. The first kappa shape index (κ1) is 13.3. The molecular formula is C12H16O5. The van der Waals surface area contributed by atoms with Gasteiger partial charge in [0.05, 0.1) is 14.2 Å². The third-order valence-electron chi connectivity index (χ3n) is 2.77. The van der Waals surface area contributed by atoms with Crippen LogP contribution in [0.4, 0.5) is 0 Å². The van der Waals surface area contributed by atoms with Gasteiger partial charge in [0.2, 0.25) is 0 Å². The number of hydrogen-bond donors (Lipinski definition) is 2. The third kappa shape index (κ3) is 2.34. The quantitative estimate of drug-likeness (QED) is 0.832. The maximum Gasteiger partial charge on any atom is 0.337 e. The molecule has 1 rings (SSSR count). The van der Waals surface area contributed by atoms with Crippen LogP contribution < -0.4 is 9.47 Å². The van der Waals surface area contributed by atoms with Gasteiger partial charge in [0, 0.05) is 5.56 Å². The molecular weight excluding hydrogens is 224 g/mol. The van der Waals surface area contributed by atoms with Crippen molar-refractivity contribution < 1.29 is 24.5 Å². The van der Waals surface area contributed by atoms with E-state index in [0.717, 1.165) is 11.1 Å².